The smallest absolute Gasteiger partial charge is 0.256 e. The third-order valence-electron chi connectivity index (χ3n) is 6.01. The molecule has 0 atom stereocenters. The molecule has 0 spiro atoms. The zero-order valence-corrected chi connectivity index (χ0v) is 17.8. The summed E-state index contributed by atoms with van der Waals surface area (Å²) in [6, 6.07) is 7.63. The highest BCUT2D eigenvalue weighted by atomic mass is 16.2. The maximum Gasteiger partial charge on any atom is 0.256 e. The van der Waals surface area contributed by atoms with Crippen LogP contribution in [0.25, 0.3) is 11.6 Å². The molecule has 0 radical (unpaired) electrons. The first-order valence-corrected chi connectivity index (χ1v) is 10.4. The number of benzene rings is 1. The fourth-order valence-corrected chi connectivity index (χ4v) is 4.17. The molecule has 1 aromatic carbocycles. The maximum atomic E-state index is 12.8. The van der Waals surface area contributed by atoms with Gasteiger partial charge in [-0.1, -0.05) is 18.2 Å². The van der Waals surface area contributed by atoms with Gasteiger partial charge >= 0.3 is 0 Å². The van der Waals surface area contributed by atoms with Crippen LogP contribution in [0.5, 0.6) is 0 Å². The van der Waals surface area contributed by atoms with Crippen molar-refractivity contribution in [3.63, 3.8) is 0 Å². The predicted octanol–water partition coefficient (Wildman–Crippen LogP) is 2.10. The summed E-state index contributed by atoms with van der Waals surface area (Å²) in [5, 5.41) is 5.94. The van der Waals surface area contributed by atoms with E-state index in [0.29, 0.717) is 17.7 Å². The largest absolute Gasteiger partial charge is 0.358 e. The standard InChI is InChI=1S/C23H29N5O2/c1-15-20(14-18-17-6-4-5-7-19(17)26-22(18)29)25-16(2)21(15)23(30)24-8-9-28-12-10-27(3)11-13-28/h4-7,14,25H,8-13H2,1-3H3,(H,24,30)(H,26,29)/b18-14-. The Morgan fingerprint density at radius 3 is 2.67 bits per heavy atom. The van der Waals surface area contributed by atoms with E-state index in [-0.39, 0.29) is 11.8 Å². The van der Waals surface area contributed by atoms with E-state index in [1.54, 1.807) is 0 Å². The number of nitrogens with one attached hydrogen (secondary N) is 3. The maximum absolute atomic E-state index is 12.8. The molecular weight excluding hydrogens is 378 g/mol. The second-order valence-corrected chi connectivity index (χ2v) is 8.12. The van der Waals surface area contributed by atoms with Crippen LogP contribution < -0.4 is 10.6 Å². The van der Waals surface area contributed by atoms with Gasteiger partial charge in [0.05, 0.1) is 11.1 Å². The molecule has 2 aliphatic rings. The van der Waals surface area contributed by atoms with Gasteiger partial charge in [0, 0.05) is 61.9 Å². The number of hydrogen-bond acceptors (Lipinski definition) is 4. The molecule has 7 heteroatoms. The van der Waals surface area contributed by atoms with Crippen LogP contribution in [0.2, 0.25) is 0 Å². The number of aromatic amines is 1. The number of nitrogens with zero attached hydrogens (tertiary/aromatic N) is 2. The number of piperazine rings is 1. The molecule has 3 heterocycles. The third-order valence-corrected chi connectivity index (χ3v) is 6.01. The second kappa shape index (κ2) is 8.45. The van der Waals surface area contributed by atoms with Gasteiger partial charge in [-0.25, -0.2) is 0 Å². The van der Waals surface area contributed by atoms with Gasteiger partial charge in [-0.05, 0) is 38.6 Å². The summed E-state index contributed by atoms with van der Waals surface area (Å²) in [6.07, 6.45) is 1.84. The molecule has 4 rings (SSSR count). The van der Waals surface area contributed by atoms with E-state index in [9.17, 15) is 9.59 Å². The average molecular weight is 408 g/mol. The van der Waals surface area contributed by atoms with Crippen molar-refractivity contribution < 1.29 is 9.59 Å². The SMILES string of the molecule is Cc1[nH]c(/C=C2\C(=O)Nc3ccccc32)c(C)c1C(=O)NCCN1CCN(C)CC1. The molecule has 0 saturated carbocycles. The minimum Gasteiger partial charge on any atom is -0.358 e. The van der Waals surface area contributed by atoms with Crippen LogP contribution in [0.1, 0.15) is 32.9 Å². The summed E-state index contributed by atoms with van der Waals surface area (Å²) in [4.78, 5) is 33.2. The Morgan fingerprint density at radius 2 is 1.90 bits per heavy atom. The number of hydrogen-bond donors (Lipinski definition) is 3. The van der Waals surface area contributed by atoms with E-state index in [1.165, 1.54) is 0 Å². The van der Waals surface area contributed by atoms with Crippen molar-refractivity contribution in [3.05, 3.63) is 52.3 Å². The molecule has 1 fully saturated rings. The summed E-state index contributed by atoms with van der Waals surface area (Å²) in [7, 11) is 2.14. The quantitative estimate of drug-likeness (QED) is 0.663. The van der Waals surface area contributed by atoms with Gasteiger partial charge in [0.25, 0.3) is 11.8 Å². The number of rotatable bonds is 5. The second-order valence-electron chi connectivity index (χ2n) is 8.12. The first-order chi connectivity index (χ1) is 14.4. The molecule has 2 aliphatic heterocycles. The highest BCUT2D eigenvalue weighted by molar-refractivity contribution is 6.34. The van der Waals surface area contributed by atoms with Crippen molar-refractivity contribution in [2.45, 2.75) is 13.8 Å². The minimum atomic E-state index is -0.124. The van der Waals surface area contributed by atoms with Gasteiger partial charge in [-0.3, -0.25) is 14.5 Å². The number of likely N-dealkylation sites (N-methyl/N-ethyl adjacent to an activating group) is 1. The van der Waals surface area contributed by atoms with Gasteiger partial charge in [0.2, 0.25) is 0 Å². The highest BCUT2D eigenvalue weighted by Gasteiger charge is 2.25. The molecule has 2 aromatic rings. The van der Waals surface area contributed by atoms with Gasteiger partial charge in [-0.2, -0.15) is 0 Å². The van der Waals surface area contributed by atoms with Crippen LogP contribution in [0.15, 0.2) is 24.3 Å². The average Bonchev–Trinajstić information content (AvgIpc) is 3.19. The number of H-pyrrole nitrogens is 1. The molecule has 158 valence electrons. The van der Waals surface area contributed by atoms with Crippen LogP contribution >= 0.6 is 0 Å². The van der Waals surface area contributed by atoms with E-state index >= 15 is 0 Å². The number of aryl methyl sites for hydroxylation is 1. The fraction of sp³-hybridized carbons (Fsp3) is 0.391. The van der Waals surface area contributed by atoms with Crippen molar-refractivity contribution in [2.24, 2.45) is 0 Å². The van der Waals surface area contributed by atoms with Crippen LogP contribution in [0.4, 0.5) is 5.69 Å². The Bertz CT molecular complexity index is 999. The molecule has 7 nitrogen and oxygen atoms in total. The lowest BCUT2D eigenvalue weighted by atomic mass is 10.0. The van der Waals surface area contributed by atoms with Gasteiger partial charge in [0.15, 0.2) is 0 Å². The van der Waals surface area contributed by atoms with E-state index in [2.05, 4.69) is 32.5 Å². The number of amides is 2. The molecule has 30 heavy (non-hydrogen) atoms. The first-order valence-electron chi connectivity index (χ1n) is 10.4. The Labute approximate surface area is 177 Å². The lowest BCUT2D eigenvalue weighted by Gasteiger charge is -2.32. The minimum absolute atomic E-state index is 0.0729. The monoisotopic (exact) mass is 407 g/mol. The van der Waals surface area contributed by atoms with Crippen molar-refractivity contribution in [2.75, 3.05) is 51.6 Å². The van der Waals surface area contributed by atoms with Crippen LogP contribution in [-0.4, -0.2) is 72.9 Å². The topological polar surface area (TPSA) is 80.5 Å². The zero-order chi connectivity index (χ0) is 21.3. The Morgan fingerprint density at radius 1 is 1.17 bits per heavy atom. The van der Waals surface area contributed by atoms with E-state index in [4.69, 9.17) is 0 Å². The molecule has 1 aromatic heterocycles. The van der Waals surface area contributed by atoms with Crippen LogP contribution in [0.3, 0.4) is 0 Å². The number of para-hydroxylation sites is 1. The lowest BCUT2D eigenvalue weighted by Crippen LogP contribution is -2.46. The van der Waals surface area contributed by atoms with E-state index < -0.39 is 0 Å². The van der Waals surface area contributed by atoms with Gasteiger partial charge < -0.3 is 20.5 Å². The highest BCUT2D eigenvalue weighted by Crippen LogP contribution is 2.33. The molecule has 1 saturated heterocycles. The summed E-state index contributed by atoms with van der Waals surface area (Å²) in [5.41, 5.74) is 5.42. The number of anilines is 1. The number of aromatic nitrogens is 1. The van der Waals surface area contributed by atoms with Gasteiger partial charge in [0.1, 0.15) is 0 Å². The summed E-state index contributed by atoms with van der Waals surface area (Å²) < 4.78 is 0. The predicted molar refractivity (Wildman–Crippen MR) is 119 cm³/mol. The molecule has 0 aliphatic carbocycles. The number of fused-ring (bicyclic) bond motifs is 1. The Hall–Kier alpha value is -2.90. The van der Waals surface area contributed by atoms with Gasteiger partial charge in [-0.15, -0.1) is 0 Å². The molecule has 3 N–H and O–H groups in total. The van der Waals surface area contributed by atoms with Crippen molar-refractivity contribution in [1.29, 1.82) is 0 Å². The normalized spacial score (nSPS) is 18.5. The van der Waals surface area contributed by atoms with E-state index in [0.717, 1.165) is 60.9 Å². The summed E-state index contributed by atoms with van der Waals surface area (Å²) in [6.45, 7) is 9.51. The molecular formula is C23H29N5O2. The summed E-state index contributed by atoms with van der Waals surface area (Å²) >= 11 is 0. The molecule has 2 amide bonds. The number of carbonyl (C=O) groups is 2. The zero-order valence-electron chi connectivity index (χ0n) is 17.8. The van der Waals surface area contributed by atoms with Crippen LogP contribution in [0, 0.1) is 13.8 Å². The van der Waals surface area contributed by atoms with Crippen LogP contribution in [-0.2, 0) is 4.79 Å². The van der Waals surface area contributed by atoms with Crippen molar-refractivity contribution >= 4 is 29.2 Å². The van der Waals surface area contributed by atoms with Crippen molar-refractivity contribution in [3.8, 4) is 0 Å². The van der Waals surface area contributed by atoms with E-state index in [1.807, 2.05) is 44.2 Å². The Kier molecular flexibility index (Phi) is 5.74. The fourth-order valence-electron chi connectivity index (χ4n) is 4.17. The lowest BCUT2D eigenvalue weighted by molar-refractivity contribution is -0.110. The Balaban J connectivity index is 1.46. The number of carbonyl (C=O) groups excluding carboxylic acids is 2. The first kappa shape index (κ1) is 20.4. The molecule has 0 bridgehead atoms. The molecule has 0 unspecified atom stereocenters. The summed E-state index contributed by atoms with van der Waals surface area (Å²) in [5.74, 6) is -0.197. The van der Waals surface area contributed by atoms with Crippen molar-refractivity contribution in [1.82, 2.24) is 20.1 Å². The third kappa shape index (κ3) is 4.04.